The first-order chi connectivity index (χ1) is 8.99. The van der Waals surface area contributed by atoms with Crippen LogP contribution in [0.4, 0.5) is 0 Å². The fourth-order valence-electron chi connectivity index (χ4n) is 1.57. The van der Waals surface area contributed by atoms with Crippen LogP contribution in [-0.4, -0.2) is 13.4 Å². The Morgan fingerprint density at radius 1 is 1.32 bits per heavy atom. The molecule has 0 atom stereocenters. The Kier molecular flexibility index (Phi) is 4.34. The van der Waals surface area contributed by atoms with Crippen molar-refractivity contribution in [2.45, 2.75) is 18.4 Å². The van der Waals surface area contributed by atoms with Gasteiger partial charge in [0, 0.05) is 23.4 Å². The summed E-state index contributed by atoms with van der Waals surface area (Å²) in [5, 5.41) is 0. The topological polar surface area (TPSA) is 59.1 Å². The van der Waals surface area contributed by atoms with Gasteiger partial charge in [-0.15, -0.1) is 0 Å². The second-order valence-corrected chi connectivity index (χ2v) is 6.77. The molecule has 0 radical (unpaired) electrons. The summed E-state index contributed by atoms with van der Waals surface area (Å²) in [4.78, 5) is 4.23. The van der Waals surface area contributed by atoms with Gasteiger partial charge in [0.25, 0.3) is 0 Å². The van der Waals surface area contributed by atoms with Crippen LogP contribution < -0.4 is 4.72 Å². The summed E-state index contributed by atoms with van der Waals surface area (Å²) in [7, 11) is -3.51. The van der Waals surface area contributed by atoms with Crippen LogP contribution >= 0.6 is 15.9 Å². The minimum Gasteiger partial charge on any atom is -0.264 e. The maximum absolute atomic E-state index is 12.1. The summed E-state index contributed by atoms with van der Waals surface area (Å²) in [6.07, 6.45) is 3.35. The van der Waals surface area contributed by atoms with Gasteiger partial charge in [0.2, 0.25) is 10.0 Å². The van der Waals surface area contributed by atoms with E-state index in [0.29, 0.717) is 0 Å². The van der Waals surface area contributed by atoms with E-state index >= 15 is 0 Å². The van der Waals surface area contributed by atoms with E-state index in [0.717, 1.165) is 15.6 Å². The zero-order valence-electron chi connectivity index (χ0n) is 10.3. The summed E-state index contributed by atoms with van der Waals surface area (Å²) in [5.74, 6) is 0. The SMILES string of the molecule is Cc1ccncc1CNS(=O)(=O)c1cccc(Br)c1. The molecule has 1 N–H and O–H groups in total. The summed E-state index contributed by atoms with van der Waals surface area (Å²) in [6.45, 7) is 2.15. The molecule has 6 heteroatoms. The van der Waals surface area contributed by atoms with Crippen molar-refractivity contribution in [3.05, 3.63) is 58.3 Å². The van der Waals surface area contributed by atoms with Gasteiger partial charge in [0.1, 0.15) is 0 Å². The first kappa shape index (κ1) is 14.2. The average Bonchev–Trinajstić information content (AvgIpc) is 2.38. The number of halogens is 1. The van der Waals surface area contributed by atoms with Gasteiger partial charge in [0.15, 0.2) is 0 Å². The fourth-order valence-corrected chi connectivity index (χ4v) is 3.17. The van der Waals surface area contributed by atoms with E-state index < -0.39 is 10.0 Å². The van der Waals surface area contributed by atoms with Crippen molar-refractivity contribution in [3.8, 4) is 0 Å². The van der Waals surface area contributed by atoms with Crippen LogP contribution in [0.5, 0.6) is 0 Å². The van der Waals surface area contributed by atoms with Crippen molar-refractivity contribution in [2.24, 2.45) is 0 Å². The van der Waals surface area contributed by atoms with Gasteiger partial charge < -0.3 is 0 Å². The number of rotatable bonds is 4. The van der Waals surface area contributed by atoms with Crippen LogP contribution in [0, 0.1) is 6.92 Å². The first-order valence-electron chi connectivity index (χ1n) is 5.64. The van der Waals surface area contributed by atoms with Gasteiger partial charge in [-0.25, -0.2) is 13.1 Å². The van der Waals surface area contributed by atoms with E-state index in [2.05, 4.69) is 25.6 Å². The Morgan fingerprint density at radius 2 is 2.11 bits per heavy atom. The quantitative estimate of drug-likeness (QED) is 0.930. The highest BCUT2D eigenvalue weighted by atomic mass is 79.9. The molecule has 100 valence electrons. The Hall–Kier alpha value is -1.24. The van der Waals surface area contributed by atoms with Crippen molar-refractivity contribution in [2.75, 3.05) is 0 Å². The molecule has 0 aliphatic rings. The number of pyridine rings is 1. The number of aryl methyl sites for hydroxylation is 1. The Balaban J connectivity index is 2.17. The normalized spacial score (nSPS) is 11.5. The van der Waals surface area contributed by atoms with Crippen molar-refractivity contribution in [1.29, 1.82) is 0 Å². The van der Waals surface area contributed by atoms with Crippen LogP contribution in [-0.2, 0) is 16.6 Å². The highest BCUT2D eigenvalue weighted by Crippen LogP contribution is 2.16. The maximum Gasteiger partial charge on any atom is 0.240 e. The lowest BCUT2D eigenvalue weighted by Crippen LogP contribution is -2.23. The van der Waals surface area contributed by atoms with E-state index in [1.807, 2.05) is 13.0 Å². The zero-order valence-corrected chi connectivity index (χ0v) is 12.7. The molecule has 0 unspecified atom stereocenters. The molecule has 0 aliphatic carbocycles. The van der Waals surface area contributed by atoms with Crippen molar-refractivity contribution >= 4 is 26.0 Å². The molecule has 2 rings (SSSR count). The highest BCUT2D eigenvalue weighted by Gasteiger charge is 2.14. The molecule has 0 spiro atoms. The number of aromatic nitrogens is 1. The molecule has 1 aromatic heterocycles. The molecule has 0 amide bonds. The lowest BCUT2D eigenvalue weighted by Gasteiger charge is -2.08. The predicted octanol–water partition coefficient (Wildman–Crippen LogP) is 2.63. The largest absolute Gasteiger partial charge is 0.264 e. The molecule has 2 aromatic rings. The predicted molar refractivity (Wildman–Crippen MR) is 77.1 cm³/mol. The third kappa shape index (κ3) is 3.62. The van der Waals surface area contributed by atoms with Crippen LogP contribution in [0.15, 0.2) is 52.1 Å². The van der Waals surface area contributed by atoms with Gasteiger partial charge in [-0.3, -0.25) is 4.98 Å². The lowest BCUT2D eigenvalue weighted by molar-refractivity contribution is 0.581. The summed E-state index contributed by atoms with van der Waals surface area (Å²) in [6, 6.07) is 8.45. The number of hydrogen-bond acceptors (Lipinski definition) is 3. The third-order valence-electron chi connectivity index (χ3n) is 2.71. The summed E-state index contributed by atoms with van der Waals surface area (Å²) < 4.78 is 27.5. The third-order valence-corrected chi connectivity index (χ3v) is 4.60. The van der Waals surface area contributed by atoms with Crippen LogP contribution in [0.25, 0.3) is 0 Å². The molecule has 0 aliphatic heterocycles. The molecule has 1 heterocycles. The number of nitrogens with zero attached hydrogens (tertiary/aromatic N) is 1. The standard InChI is InChI=1S/C13H13BrN2O2S/c1-10-5-6-15-8-11(10)9-16-19(17,18)13-4-2-3-12(14)7-13/h2-8,16H,9H2,1H3. The van der Waals surface area contributed by atoms with Gasteiger partial charge >= 0.3 is 0 Å². The van der Waals surface area contributed by atoms with E-state index in [1.54, 1.807) is 36.7 Å². The van der Waals surface area contributed by atoms with Gasteiger partial charge in [-0.1, -0.05) is 22.0 Å². The van der Waals surface area contributed by atoms with Crippen LogP contribution in [0.2, 0.25) is 0 Å². The minimum absolute atomic E-state index is 0.231. The van der Waals surface area contributed by atoms with Crippen molar-refractivity contribution < 1.29 is 8.42 Å². The lowest BCUT2D eigenvalue weighted by atomic mass is 10.2. The van der Waals surface area contributed by atoms with Crippen molar-refractivity contribution in [1.82, 2.24) is 9.71 Å². The number of hydrogen-bond donors (Lipinski definition) is 1. The monoisotopic (exact) mass is 340 g/mol. The number of nitrogens with one attached hydrogen (secondary N) is 1. The minimum atomic E-state index is -3.51. The Labute approximate surface area is 121 Å². The Bertz CT molecular complexity index is 687. The molecule has 1 aromatic carbocycles. The van der Waals surface area contributed by atoms with Crippen molar-refractivity contribution in [3.63, 3.8) is 0 Å². The maximum atomic E-state index is 12.1. The zero-order chi connectivity index (χ0) is 13.9. The van der Waals surface area contributed by atoms with Gasteiger partial charge in [0.05, 0.1) is 4.90 Å². The molecule has 0 fully saturated rings. The van der Waals surface area contributed by atoms with E-state index in [1.165, 1.54) is 0 Å². The fraction of sp³-hybridized carbons (Fsp3) is 0.154. The van der Waals surface area contributed by atoms with Gasteiger partial charge in [-0.05, 0) is 42.3 Å². The molecular weight excluding hydrogens is 328 g/mol. The summed E-state index contributed by atoms with van der Waals surface area (Å²) in [5.41, 5.74) is 1.87. The van der Waals surface area contributed by atoms with Crippen LogP contribution in [0.1, 0.15) is 11.1 Å². The molecule has 0 bridgehead atoms. The van der Waals surface area contributed by atoms with Crippen LogP contribution in [0.3, 0.4) is 0 Å². The Morgan fingerprint density at radius 3 is 2.79 bits per heavy atom. The summed E-state index contributed by atoms with van der Waals surface area (Å²) >= 11 is 3.26. The second kappa shape index (κ2) is 5.81. The number of sulfonamides is 1. The smallest absolute Gasteiger partial charge is 0.240 e. The molecule has 19 heavy (non-hydrogen) atoms. The number of benzene rings is 1. The first-order valence-corrected chi connectivity index (χ1v) is 7.91. The van der Waals surface area contributed by atoms with E-state index in [-0.39, 0.29) is 11.4 Å². The molecule has 0 saturated carbocycles. The highest BCUT2D eigenvalue weighted by molar-refractivity contribution is 9.10. The average molecular weight is 341 g/mol. The van der Waals surface area contributed by atoms with E-state index in [9.17, 15) is 8.42 Å². The second-order valence-electron chi connectivity index (χ2n) is 4.08. The molecule has 0 saturated heterocycles. The molecule has 4 nitrogen and oxygen atoms in total. The van der Waals surface area contributed by atoms with E-state index in [4.69, 9.17) is 0 Å². The molecular formula is C13H13BrN2O2S. The van der Waals surface area contributed by atoms with Gasteiger partial charge in [-0.2, -0.15) is 0 Å².